The van der Waals surface area contributed by atoms with Crippen molar-refractivity contribution in [1.29, 1.82) is 0 Å². The molecule has 0 heterocycles. The van der Waals surface area contributed by atoms with Crippen molar-refractivity contribution < 1.29 is 19.4 Å². The predicted octanol–water partition coefficient (Wildman–Crippen LogP) is 1.03. The van der Waals surface area contributed by atoms with Crippen molar-refractivity contribution >= 4 is 27.8 Å². The number of aliphatic carboxylic acids is 1. The van der Waals surface area contributed by atoms with Crippen molar-refractivity contribution in [2.75, 3.05) is 13.2 Å². The number of amides is 1. The largest absolute Gasteiger partial charge is 0.483 e. The van der Waals surface area contributed by atoms with E-state index >= 15 is 0 Å². The Morgan fingerprint density at radius 3 is 2.69 bits per heavy atom. The zero-order chi connectivity index (χ0) is 12.0. The number of carbonyl (C=O) groups is 2. The lowest BCUT2D eigenvalue weighted by molar-refractivity contribution is -0.138. The lowest BCUT2D eigenvalue weighted by Crippen LogP contribution is -2.33. The monoisotopic (exact) mass is 287 g/mol. The molecule has 0 atom stereocenters. The quantitative estimate of drug-likeness (QED) is 0.848. The van der Waals surface area contributed by atoms with Crippen LogP contribution in [0.2, 0.25) is 0 Å². The van der Waals surface area contributed by atoms with Crippen LogP contribution >= 0.6 is 15.9 Å². The van der Waals surface area contributed by atoms with Gasteiger partial charge in [0.2, 0.25) is 0 Å². The van der Waals surface area contributed by atoms with Gasteiger partial charge in [0.05, 0.1) is 4.47 Å². The minimum atomic E-state index is -1.09. The molecule has 0 aromatic heterocycles. The van der Waals surface area contributed by atoms with Crippen LogP contribution in [0.5, 0.6) is 5.75 Å². The Morgan fingerprint density at radius 2 is 2.06 bits per heavy atom. The fraction of sp³-hybridized carbons (Fsp3) is 0.200. The third-order valence-corrected chi connectivity index (χ3v) is 2.29. The van der Waals surface area contributed by atoms with Crippen molar-refractivity contribution in [2.24, 2.45) is 0 Å². The highest BCUT2D eigenvalue weighted by Gasteiger charge is 2.06. The Morgan fingerprint density at radius 1 is 1.38 bits per heavy atom. The number of carboxylic acids is 1. The fourth-order valence-corrected chi connectivity index (χ4v) is 1.33. The molecule has 0 bridgehead atoms. The van der Waals surface area contributed by atoms with E-state index in [0.717, 1.165) is 4.47 Å². The van der Waals surface area contributed by atoms with Gasteiger partial charge in [0, 0.05) is 0 Å². The fourth-order valence-electron chi connectivity index (χ4n) is 0.930. The first-order valence-corrected chi connectivity index (χ1v) is 5.24. The summed E-state index contributed by atoms with van der Waals surface area (Å²) in [6, 6.07) is 7.08. The van der Waals surface area contributed by atoms with Gasteiger partial charge in [-0.2, -0.15) is 0 Å². The number of halogens is 1. The molecule has 0 aliphatic heterocycles. The molecule has 1 aromatic rings. The van der Waals surface area contributed by atoms with E-state index in [1.807, 2.05) is 6.07 Å². The van der Waals surface area contributed by atoms with E-state index in [9.17, 15) is 9.59 Å². The summed E-state index contributed by atoms with van der Waals surface area (Å²) in [5.41, 5.74) is 0. The van der Waals surface area contributed by atoms with E-state index in [0.29, 0.717) is 5.75 Å². The molecule has 0 radical (unpaired) electrons. The molecule has 0 spiro atoms. The van der Waals surface area contributed by atoms with Gasteiger partial charge in [-0.1, -0.05) is 12.1 Å². The van der Waals surface area contributed by atoms with Crippen LogP contribution in [0.25, 0.3) is 0 Å². The highest BCUT2D eigenvalue weighted by molar-refractivity contribution is 9.10. The van der Waals surface area contributed by atoms with Crippen LogP contribution in [0.1, 0.15) is 0 Å². The number of hydrogen-bond donors (Lipinski definition) is 2. The molecule has 1 aromatic carbocycles. The normalized spacial score (nSPS) is 9.56. The molecule has 0 aliphatic carbocycles. The van der Waals surface area contributed by atoms with Gasteiger partial charge >= 0.3 is 5.97 Å². The van der Waals surface area contributed by atoms with E-state index in [-0.39, 0.29) is 6.61 Å². The van der Waals surface area contributed by atoms with Crippen molar-refractivity contribution in [1.82, 2.24) is 5.32 Å². The molecule has 6 heteroatoms. The van der Waals surface area contributed by atoms with Gasteiger partial charge in [-0.25, -0.2) is 0 Å². The van der Waals surface area contributed by atoms with Crippen molar-refractivity contribution in [3.05, 3.63) is 28.7 Å². The highest BCUT2D eigenvalue weighted by atomic mass is 79.9. The minimum absolute atomic E-state index is 0.212. The number of carboxylic acid groups (broad SMARTS) is 1. The molecule has 0 fully saturated rings. The molecule has 16 heavy (non-hydrogen) atoms. The highest BCUT2D eigenvalue weighted by Crippen LogP contribution is 2.23. The molecule has 2 N–H and O–H groups in total. The summed E-state index contributed by atoms with van der Waals surface area (Å²) in [5.74, 6) is -1.03. The van der Waals surface area contributed by atoms with Crippen molar-refractivity contribution in [3.63, 3.8) is 0 Å². The van der Waals surface area contributed by atoms with E-state index in [4.69, 9.17) is 9.84 Å². The molecule has 1 rings (SSSR count). The van der Waals surface area contributed by atoms with Gasteiger partial charge in [0.1, 0.15) is 12.3 Å². The molecular weight excluding hydrogens is 278 g/mol. The Labute approximate surface area is 101 Å². The number of carbonyl (C=O) groups excluding carboxylic acids is 1. The average molecular weight is 288 g/mol. The summed E-state index contributed by atoms with van der Waals surface area (Å²) in [4.78, 5) is 21.3. The first kappa shape index (κ1) is 12.5. The Kier molecular flexibility index (Phi) is 4.78. The maximum Gasteiger partial charge on any atom is 0.322 e. The van der Waals surface area contributed by atoms with E-state index < -0.39 is 18.4 Å². The number of hydrogen-bond acceptors (Lipinski definition) is 3. The van der Waals surface area contributed by atoms with Crippen LogP contribution in [-0.4, -0.2) is 30.1 Å². The Balaban J connectivity index is 2.37. The SMILES string of the molecule is O=C(O)CNC(=O)COc1ccccc1Br. The maximum absolute atomic E-state index is 11.1. The van der Waals surface area contributed by atoms with E-state index in [1.165, 1.54) is 0 Å². The third kappa shape index (κ3) is 4.31. The molecule has 0 aliphatic rings. The standard InChI is InChI=1S/C10H10BrNO4/c11-7-3-1-2-4-8(7)16-6-9(13)12-5-10(14)15/h1-4H,5-6H2,(H,12,13)(H,14,15). The first-order chi connectivity index (χ1) is 7.59. The second kappa shape index (κ2) is 6.12. The lowest BCUT2D eigenvalue weighted by Gasteiger charge is -2.07. The Hall–Kier alpha value is -1.56. The van der Waals surface area contributed by atoms with Crippen LogP contribution in [0, 0.1) is 0 Å². The minimum Gasteiger partial charge on any atom is -0.483 e. The number of ether oxygens (including phenoxy) is 1. The van der Waals surface area contributed by atoms with Crippen LogP contribution in [0.15, 0.2) is 28.7 Å². The number of para-hydroxylation sites is 1. The van der Waals surface area contributed by atoms with Crippen LogP contribution < -0.4 is 10.1 Å². The van der Waals surface area contributed by atoms with E-state index in [2.05, 4.69) is 21.2 Å². The summed E-state index contributed by atoms with van der Waals surface area (Å²) >= 11 is 3.26. The smallest absolute Gasteiger partial charge is 0.322 e. The summed E-state index contributed by atoms with van der Waals surface area (Å²) in [6.07, 6.45) is 0. The molecule has 5 nitrogen and oxygen atoms in total. The zero-order valence-corrected chi connectivity index (χ0v) is 9.86. The van der Waals surface area contributed by atoms with Gasteiger partial charge in [-0.15, -0.1) is 0 Å². The second-order valence-corrected chi connectivity index (χ2v) is 3.74. The third-order valence-electron chi connectivity index (χ3n) is 1.63. The second-order valence-electron chi connectivity index (χ2n) is 2.89. The summed E-state index contributed by atoms with van der Waals surface area (Å²) in [6.45, 7) is -0.617. The van der Waals surface area contributed by atoms with Gasteiger partial charge in [-0.05, 0) is 28.1 Å². The topological polar surface area (TPSA) is 75.6 Å². The maximum atomic E-state index is 11.1. The molecule has 0 saturated carbocycles. The van der Waals surface area contributed by atoms with Crippen LogP contribution in [0.3, 0.4) is 0 Å². The van der Waals surface area contributed by atoms with Gasteiger partial charge in [0.25, 0.3) is 5.91 Å². The average Bonchev–Trinajstić information content (AvgIpc) is 2.25. The predicted molar refractivity (Wildman–Crippen MR) is 60.3 cm³/mol. The summed E-state index contributed by atoms with van der Waals surface area (Å²) < 4.78 is 5.92. The summed E-state index contributed by atoms with van der Waals surface area (Å²) in [7, 11) is 0. The molecule has 0 saturated heterocycles. The van der Waals surface area contributed by atoms with Crippen LogP contribution in [-0.2, 0) is 9.59 Å². The van der Waals surface area contributed by atoms with Gasteiger partial charge in [0.15, 0.2) is 6.61 Å². The van der Waals surface area contributed by atoms with E-state index in [1.54, 1.807) is 18.2 Å². The van der Waals surface area contributed by atoms with Gasteiger partial charge in [-0.3, -0.25) is 9.59 Å². The van der Waals surface area contributed by atoms with Crippen LogP contribution in [0.4, 0.5) is 0 Å². The zero-order valence-electron chi connectivity index (χ0n) is 8.27. The molecular formula is C10H10BrNO4. The lowest BCUT2D eigenvalue weighted by atomic mass is 10.3. The Bertz CT molecular complexity index is 394. The molecule has 0 unspecified atom stereocenters. The van der Waals surface area contributed by atoms with Gasteiger partial charge < -0.3 is 15.2 Å². The number of benzene rings is 1. The first-order valence-electron chi connectivity index (χ1n) is 4.45. The van der Waals surface area contributed by atoms with Crippen molar-refractivity contribution in [2.45, 2.75) is 0 Å². The number of nitrogens with one attached hydrogen (secondary N) is 1. The number of rotatable bonds is 5. The summed E-state index contributed by atoms with van der Waals surface area (Å²) in [5, 5.41) is 10.5. The molecule has 1 amide bonds. The van der Waals surface area contributed by atoms with Crippen molar-refractivity contribution in [3.8, 4) is 5.75 Å². The molecule has 86 valence electrons.